The molecule has 0 bridgehead atoms. The smallest absolute Gasteiger partial charge is 0.326 e. The fourth-order valence-electron chi connectivity index (χ4n) is 6.17. The Morgan fingerprint density at radius 3 is 1.33 bits per heavy atom. The van der Waals surface area contributed by atoms with Gasteiger partial charge in [-0.1, -0.05) is 86.4 Å². The van der Waals surface area contributed by atoms with Gasteiger partial charge >= 0.3 is 11.9 Å². The second-order valence-corrected chi connectivity index (χ2v) is 15.5. The zero-order valence-corrected chi connectivity index (χ0v) is 38.3. The van der Waals surface area contributed by atoms with E-state index < -0.39 is 18.0 Å². The number of carbonyl (C=O) groups excluding carboxylic acids is 4. The molecule has 0 radical (unpaired) electrons. The fraction of sp³-hybridized carbons (Fsp3) is 0.860. The molecule has 18 heteroatoms. The number of hydrogen-bond acceptors (Lipinski definition) is 12. The highest BCUT2D eigenvalue weighted by atomic mass is 31.0. The normalized spacial score (nSPS) is 12.2. The molecule has 61 heavy (non-hydrogen) atoms. The molecule has 0 aromatic carbocycles. The number of Topliss-reactive ketones (excluding diaryl/α,β-unsaturated/α-hetero) is 1. The van der Waals surface area contributed by atoms with Gasteiger partial charge in [0.2, 0.25) is 17.7 Å². The monoisotopic (exact) mass is 893 g/mol. The van der Waals surface area contributed by atoms with Crippen molar-refractivity contribution in [3.05, 3.63) is 0 Å². The Balaban J connectivity index is 3.56. The van der Waals surface area contributed by atoms with Crippen molar-refractivity contribution in [1.29, 1.82) is 0 Å². The van der Waals surface area contributed by atoms with E-state index in [1.807, 2.05) is 0 Å². The highest BCUT2D eigenvalue weighted by molar-refractivity contribution is 7.13. The molecule has 0 spiro atoms. The van der Waals surface area contributed by atoms with Crippen LogP contribution in [0.3, 0.4) is 0 Å². The summed E-state index contributed by atoms with van der Waals surface area (Å²) in [6, 6.07) is -1.28. The molecule has 0 heterocycles. The van der Waals surface area contributed by atoms with Gasteiger partial charge in [0.15, 0.2) is 0 Å². The Morgan fingerprint density at radius 2 is 0.869 bits per heavy atom. The van der Waals surface area contributed by atoms with E-state index in [4.69, 9.17) is 28.8 Å². The van der Waals surface area contributed by atoms with Crippen molar-refractivity contribution in [2.24, 2.45) is 0 Å². The second kappa shape index (κ2) is 43.8. The maximum atomic E-state index is 12.3. The molecule has 0 saturated carbocycles. The molecule has 3 unspecified atom stereocenters. The maximum absolute atomic E-state index is 12.3. The third-order valence-corrected chi connectivity index (χ3v) is 10.2. The Hall–Kier alpha value is -2.79. The minimum atomic E-state index is -1.16. The lowest BCUT2D eigenvalue weighted by Gasteiger charge is -2.14. The number of carboxylic acid groups (broad SMARTS) is 2. The Bertz CT molecular complexity index is 1140. The van der Waals surface area contributed by atoms with Crippen LogP contribution in [0.4, 0.5) is 0 Å². The Kier molecular flexibility index (Phi) is 41.8. The number of unbranched alkanes of at least 4 members (excludes halogenated alkanes) is 14. The first-order valence-electron chi connectivity index (χ1n) is 22.7. The largest absolute Gasteiger partial charge is 0.481 e. The van der Waals surface area contributed by atoms with Crippen LogP contribution < -0.4 is 21.0 Å². The van der Waals surface area contributed by atoms with Crippen LogP contribution in [0.15, 0.2) is 0 Å². The van der Waals surface area contributed by atoms with Crippen molar-refractivity contribution in [3.63, 3.8) is 0 Å². The molecular weight excluding hydrogens is 811 g/mol. The third kappa shape index (κ3) is 42.3. The summed E-state index contributed by atoms with van der Waals surface area (Å²) >= 11 is 0. The van der Waals surface area contributed by atoms with Crippen molar-refractivity contribution in [3.8, 4) is 0 Å². The van der Waals surface area contributed by atoms with Gasteiger partial charge in [0.1, 0.15) is 11.8 Å². The van der Waals surface area contributed by atoms with Crippen LogP contribution in [0, 0.1) is 0 Å². The van der Waals surface area contributed by atoms with Crippen LogP contribution >= 0.6 is 9.39 Å². The number of hydrogen-bond donors (Lipinski definition) is 6. The van der Waals surface area contributed by atoms with Gasteiger partial charge in [-0.3, -0.25) is 29.1 Å². The number of rotatable bonds is 47. The van der Waals surface area contributed by atoms with E-state index in [2.05, 4.69) is 30.4 Å². The lowest BCUT2D eigenvalue weighted by Crippen LogP contribution is -2.41. The standard InChI is InChI=1S/C43H81N4O13P/c1-36(48)37(47-61)18-16-17-24-44-40(50)23-26-56-28-30-58-32-34-60-35-33-59-31-29-57-27-25-45-39(49)22-21-38(43(54)55)46-41(51)19-14-12-10-8-6-4-2-3-5-7-9-11-13-15-20-42(52)53/h37-38,47H,2-35,61H2,1H3,(H,44,50)(H,45,49)(H,46,51)(H,52,53)(H,54,55). The van der Waals surface area contributed by atoms with Gasteiger partial charge in [-0.2, -0.15) is 0 Å². The molecule has 0 aliphatic heterocycles. The van der Waals surface area contributed by atoms with Crippen molar-refractivity contribution in [1.82, 2.24) is 21.0 Å². The molecule has 356 valence electrons. The van der Waals surface area contributed by atoms with E-state index in [0.717, 1.165) is 57.8 Å². The molecule has 0 saturated heterocycles. The molecule has 3 atom stereocenters. The second-order valence-electron chi connectivity index (χ2n) is 15.2. The quantitative estimate of drug-likeness (QED) is 0.0353. The van der Waals surface area contributed by atoms with E-state index in [1.165, 1.54) is 44.9 Å². The van der Waals surface area contributed by atoms with Gasteiger partial charge in [0, 0.05) is 38.8 Å². The molecule has 0 fully saturated rings. The maximum Gasteiger partial charge on any atom is 0.326 e. The molecule has 3 amide bonds. The number of nitrogens with one attached hydrogen (secondary N) is 4. The number of ether oxygens (including phenoxy) is 5. The summed E-state index contributed by atoms with van der Waals surface area (Å²) in [7, 11) is 2.37. The van der Waals surface area contributed by atoms with Crippen LogP contribution in [-0.2, 0) is 52.5 Å². The summed E-state index contributed by atoms with van der Waals surface area (Å²) in [4.78, 5) is 70.0. The third-order valence-electron chi connectivity index (χ3n) is 9.80. The van der Waals surface area contributed by atoms with Crippen LogP contribution in [0.25, 0.3) is 0 Å². The lowest BCUT2D eigenvalue weighted by molar-refractivity contribution is -0.142. The average molecular weight is 893 g/mol. The molecule has 6 N–H and O–H groups in total. The average Bonchev–Trinajstić information content (AvgIpc) is 3.22. The SMILES string of the molecule is CC(=O)C(CCCCNC(=O)CCOCCOCCOCCOCCOCCNC(=O)CCC(NC(=O)CCCCCCCCCCCCCCCCC(=O)O)C(=O)O)NP. The summed E-state index contributed by atoms with van der Waals surface area (Å²) in [5.74, 6) is -2.46. The molecule has 0 rings (SSSR count). The van der Waals surface area contributed by atoms with Crippen LogP contribution in [0.1, 0.15) is 148 Å². The molecular formula is C43H81N4O13P. The minimum Gasteiger partial charge on any atom is -0.481 e. The van der Waals surface area contributed by atoms with E-state index in [1.54, 1.807) is 6.92 Å². The van der Waals surface area contributed by atoms with Crippen LogP contribution in [0.2, 0.25) is 0 Å². The predicted octanol–water partition coefficient (Wildman–Crippen LogP) is 4.88. The van der Waals surface area contributed by atoms with Crippen molar-refractivity contribution >= 4 is 44.8 Å². The van der Waals surface area contributed by atoms with E-state index >= 15 is 0 Å². The van der Waals surface area contributed by atoms with Crippen molar-refractivity contribution < 1.29 is 62.7 Å². The summed E-state index contributed by atoms with van der Waals surface area (Å²) in [5, 5.41) is 29.2. The molecule has 0 aliphatic carbocycles. The van der Waals surface area contributed by atoms with E-state index in [0.29, 0.717) is 72.4 Å². The number of ketones is 1. The molecule has 0 aromatic rings. The minimum absolute atomic E-state index is 0.00341. The fourth-order valence-corrected chi connectivity index (χ4v) is 6.57. The summed E-state index contributed by atoms with van der Waals surface area (Å²) < 4.78 is 27.3. The van der Waals surface area contributed by atoms with Crippen molar-refractivity contribution in [2.75, 3.05) is 79.2 Å². The molecule has 0 aromatic heterocycles. The molecule has 17 nitrogen and oxygen atoms in total. The van der Waals surface area contributed by atoms with Gasteiger partial charge < -0.3 is 49.8 Å². The highest BCUT2D eigenvalue weighted by Crippen LogP contribution is 2.14. The zero-order chi connectivity index (χ0) is 45.0. The van der Waals surface area contributed by atoms with E-state index in [-0.39, 0.29) is 74.8 Å². The topological polar surface area (TPSA) is 237 Å². The summed E-state index contributed by atoms with van der Waals surface area (Å²) in [5.41, 5.74) is 0. The Morgan fingerprint density at radius 1 is 0.443 bits per heavy atom. The van der Waals surface area contributed by atoms with Gasteiger partial charge in [-0.25, -0.2) is 4.79 Å². The Labute approximate surface area is 367 Å². The first-order chi connectivity index (χ1) is 29.6. The van der Waals surface area contributed by atoms with Crippen LogP contribution in [0.5, 0.6) is 0 Å². The highest BCUT2D eigenvalue weighted by Gasteiger charge is 2.21. The van der Waals surface area contributed by atoms with Crippen LogP contribution in [-0.4, -0.2) is 137 Å². The number of aliphatic carboxylic acids is 2. The summed E-state index contributed by atoms with van der Waals surface area (Å²) in [6.45, 7) is 6.10. The van der Waals surface area contributed by atoms with Crippen molar-refractivity contribution in [2.45, 2.75) is 160 Å². The zero-order valence-electron chi connectivity index (χ0n) is 37.2. The summed E-state index contributed by atoms with van der Waals surface area (Å²) in [6.07, 6.45) is 18.4. The first-order valence-corrected chi connectivity index (χ1v) is 23.3. The van der Waals surface area contributed by atoms with E-state index in [9.17, 15) is 33.9 Å². The van der Waals surface area contributed by atoms with Gasteiger partial charge in [-0.15, -0.1) is 0 Å². The molecule has 0 aliphatic rings. The van der Waals surface area contributed by atoms with Gasteiger partial charge in [-0.05, 0) is 45.4 Å². The van der Waals surface area contributed by atoms with Gasteiger partial charge in [0.25, 0.3) is 0 Å². The number of amides is 3. The lowest BCUT2D eigenvalue weighted by atomic mass is 10.0. The van der Waals surface area contributed by atoms with Gasteiger partial charge in [0.05, 0.1) is 72.1 Å². The predicted molar refractivity (Wildman–Crippen MR) is 236 cm³/mol. The number of carbonyl (C=O) groups is 6. The number of carboxylic acids is 2. The first kappa shape index (κ1) is 58.2.